The number of hydrogen-bond donors (Lipinski definition) is 2. The van der Waals surface area contributed by atoms with E-state index in [1.807, 2.05) is 0 Å². The summed E-state index contributed by atoms with van der Waals surface area (Å²) in [4.78, 5) is 33.1. The van der Waals surface area contributed by atoms with E-state index in [-0.39, 0.29) is 24.8 Å². The van der Waals surface area contributed by atoms with E-state index in [2.05, 4.69) is 15.3 Å². The molecule has 2 heterocycles. The molecule has 27 heavy (non-hydrogen) atoms. The summed E-state index contributed by atoms with van der Waals surface area (Å²) in [7, 11) is 0. The van der Waals surface area contributed by atoms with Crippen LogP contribution in [0.15, 0.2) is 41.7 Å². The highest BCUT2D eigenvalue weighted by Gasteiger charge is 2.32. The number of carbonyl (C=O) groups excluding carboxylic acids is 2. The normalized spacial score (nSPS) is 15.6. The molecule has 1 aromatic heterocycles. The number of imidazole rings is 1. The van der Waals surface area contributed by atoms with E-state index < -0.39 is 5.82 Å². The standard InChI is InChI=1S/C18H17FN4O2S2/c19-14-4-2-1-3-12(14)9-15-17(25)23(18(26)27-15)8-6-16(24)21-7-5-13-10-20-11-22-13/h1-4,9-11H,5-8H2,(H,20,22)(H,21,24). The van der Waals surface area contributed by atoms with Gasteiger partial charge in [0.2, 0.25) is 5.91 Å². The summed E-state index contributed by atoms with van der Waals surface area (Å²) >= 11 is 6.34. The van der Waals surface area contributed by atoms with Crippen LogP contribution in [0.1, 0.15) is 17.7 Å². The molecule has 3 rings (SSSR count). The molecule has 6 nitrogen and oxygen atoms in total. The van der Waals surface area contributed by atoms with Crippen molar-refractivity contribution in [3.05, 3.63) is 58.8 Å². The zero-order valence-electron chi connectivity index (χ0n) is 14.3. The minimum Gasteiger partial charge on any atom is -0.356 e. The fraction of sp³-hybridized carbons (Fsp3) is 0.222. The lowest BCUT2D eigenvalue weighted by Crippen LogP contribution is -2.34. The third-order valence-electron chi connectivity index (χ3n) is 3.90. The maximum absolute atomic E-state index is 13.8. The number of aromatic amines is 1. The molecule has 0 unspecified atom stereocenters. The molecule has 0 bridgehead atoms. The predicted molar refractivity (Wildman–Crippen MR) is 106 cm³/mol. The maximum atomic E-state index is 13.8. The number of H-pyrrole nitrogens is 1. The van der Waals surface area contributed by atoms with Gasteiger partial charge in [0.25, 0.3) is 5.91 Å². The third kappa shape index (κ3) is 5.01. The van der Waals surface area contributed by atoms with Crippen molar-refractivity contribution in [3.8, 4) is 0 Å². The van der Waals surface area contributed by atoms with Crippen molar-refractivity contribution in [2.45, 2.75) is 12.8 Å². The van der Waals surface area contributed by atoms with E-state index in [1.54, 1.807) is 30.7 Å². The van der Waals surface area contributed by atoms with Crippen LogP contribution in [-0.4, -0.2) is 44.1 Å². The molecule has 2 amide bonds. The zero-order chi connectivity index (χ0) is 19.2. The molecule has 1 aromatic carbocycles. The van der Waals surface area contributed by atoms with Crippen molar-refractivity contribution >= 4 is 46.2 Å². The second-order valence-electron chi connectivity index (χ2n) is 5.78. The Morgan fingerprint density at radius 1 is 1.41 bits per heavy atom. The first-order chi connectivity index (χ1) is 13.0. The van der Waals surface area contributed by atoms with Crippen LogP contribution >= 0.6 is 24.0 Å². The van der Waals surface area contributed by atoms with Crippen molar-refractivity contribution in [1.29, 1.82) is 0 Å². The van der Waals surface area contributed by atoms with Gasteiger partial charge < -0.3 is 10.3 Å². The molecule has 0 atom stereocenters. The van der Waals surface area contributed by atoms with Gasteiger partial charge >= 0.3 is 0 Å². The van der Waals surface area contributed by atoms with Crippen LogP contribution in [0.5, 0.6) is 0 Å². The topological polar surface area (TPSA) is 78.1 Å². The number of halogens is 1. The fourth-order valence-corrected chi connectivity index (χ4v) is 3.79. The molecule has 2 aromatic rings. The molecule has 0 saturated carbocycles. The van der Waals surface area contributed by atoms with Crippen molar-refractivity contribution in [1.82, 2.24) is 20.2 Å². The van der Waals surface area contributed by atoms with Crippen LogP contribution in [-0.2, 0) is 16.0 Å². The van der Waals surface area contributed by atoms with Gasteiger partial charge in [-0.2, -0.15) is 0 Å². The summed E-state index contributed by atoms with van der Waals surface area (Å²) in [5, 5.41) is 2.79. The highest BCUT2D eigenvalue weighted by Crippen LogP contribution is 2.32. The molecule has 1 aliphatic heterocycles. The first-order valence-electron chi connectivity index (χ1n) is 8.28. The lowest BCUT2D eigenvalue weighted by atomic mass is 10.2. The van der Waals surface area contributed by atoms with E-state index >= 15 is 0 Å². The Labute approximate surface area is 165 Å². The summed E-state index contributed by atoms with van der Waals surface area (Å²) in [6.45, 7) is 0.668. The second-order valence-corrected chi connectivity index (χ2v) is 7.46. The van der Waals surface area contributed by atoms with Crippen LogP contribution in [0.2, 0.25) is 0 Å². The number of hydrogen-bond acceptors (Lipinski definition) is 5. The number of nitrogens with zero attached hydrogens (tertiary/aromatic N) is 2. The van der Waals surface area contributed by atoms with Gasteiger partial charge in [-0.25, -0.2) is 9.37 Å². The summed E-state index contributed by atoms with van der Waals surface area (Å²) < 4.78 is 14.1. The van der Waals surface area contributed by atoms with Crippen LogP contribution < -0.4 is 5.32 Å². The molecular formula is C18H17FN4O2S2. The quantitative estimate of drug-likeness (QED) is 0.548. The number of rotatable bonds is 7. The smallest absolute Gasteiger partial charge is 0.266 e. The summed E-state index contributed by atoms with van der Waals surface area (Å²) in [5.74, 6) is -0.875. The van der Waals surface area contributed by atoms with Gasteiger partial charge in [-0.1, -0.05) is 42.2 Å². The monoisotopic (exact) mass is 404 g/mol. The third-order valence-corrected chi connectivity index (χ3v) is 5.28. The molecule has 2 N–H and O–H groups in total. The summed E-state index contributed by atoms with van der Waals surface area (Å²) in [6, 6.07) is 6.21. The van der Waals surface area contributed by atoms with Gasteiger partial charge in [0, 0.05) is 43.4 Å². The summed E-state index contributed by atoms with van der Waals surface area (Å²) in [5.41, 5.74) is 1.26. The van der Waals surface area contributed by atoms with Gasteiger partial charge in [-0.3, -0.25) is 14.5 Å². The highest BCUT2D eigenvalue weighted by molar-refractivity contribution is 8.26. The number of thiocarbonyl (C=S) groups is 1. The van der Waals surface area contributed by atoms with Crippen molar-refractivity contribution in [3.63, 3.8) is 0 Å². The van der Waals surface area contributed by atoms with E-state index in [9.17, 15) is 14.0 Å². The molecular weight excluding hydrogens is 387 g/mol. The van der Waals surface area contributed by atoms with E-state index in [0.29, 0.717) is 27.8 Å². The number of thioether (sulfide) groups is 1. The Morgan fingerprint density at radius 2 is 2.22 bits per heavy atom. The van der Waals surface area contributed by atoms with Gasteiger partial charge in [0.1, 0.15) is 10.1 Å². The zero-order valence-corrected chi connectivity index (χ0v) is 15.9. The Morgan fingerprint density at radius 3 is 2.96 bits per heavy atom. The predicted octanol–water partition coefficient (Wildman–Crippen LogP) is 2.50. The Hall–Kier alpha value is -2.52. The van der Waals surface area contributed by atoms with Crippen LogP contribution in [0.4, 0.5) is 4.39 Å². The van der Waals surface area contributed by atoms with Crippen LogP contribution in [0.25, 0.3) is 6.08 Å². The van der Waals surface area contributed by atoms with Gasteiger partial charge in [-0.15, -0.1) is 0 Å². The number of nitrogens with one attached hydrogen (secondary N) is 2. The van der Waals surface area contributed by atoms with Gasteiger partial charge in [0.15, 0.2) is 0 Å². The highest BCUT2D eigenvalue weighted by atomic mass is 32.2. The Bertz CT molecular complexity index is 883. The molecule has 140 valence electrons. The number of aromatic nitrogens is 2. The molecule has 1 aliphatic rings. The lowest BCUT2D eigenvalue weighted by Gasteiger charge is -2.14. The maximum Gasteiger partial charge on any atom is 0.266 e. The first-order valence-corrected chi connectivity index (χ1v) is 9.51. The Balaban J connectivity index is 1.51. The van der Waals surface area contributed by atoms with Gasteiger partial charge in [-0.05, 0) is 12.1 Å². The second kappa shape index (κ2) is 8.92. The number of benzene rings is 1. The molecule has 0 aliphatic carbocycles. The number of carbonyl (C=O) groups is 2. The Kier molecular flexibility index (Phi) is 6.36. The van der Waals surface area contributed by atoms with E-state index in [4.69, 9.17) is 12.2 Å². The van der Waals surface area contributed by atoms with Crippen molar-refractivity contribution < 1.29 is 14.0 Å². The fourth-order valence-electron chi connectivity index (χ4n) is 2.49. The summed E-state index contributed by atoms with van der Waals surface area (Å²) in [6.07, 6.45) is 5.56. The molecule has 9 heteroatoms. The molecule has 1 saturated heterocycles. The average Bonchev–Trinajstić information content (AvgIpc) is 3.24. The van der Waals surface area contributed by atoms with Crippen molar-refractivity contribution in [2.24, 2.45) is 0 Å². The van der Waals surface area contributed by atoms with Crippen LogP contribution in [0.3, 0.4) is 0 Å². The number of amides is 2. The lowest BCUT2D eigenvalue weighted by molar-refractivity contribution is -0.123. The van der Waals surface area contributed by atoms with E-state index in [1.165, 1.54) is 17.0 Å². The minimum absolute atomic E-state index is 0.141. The van der Waals surface area contributed by atoms with Gasteiger partial charge in [0.05, 0.1) is 11.2 Å². The average molecular weight is 404 g/mol. The minimum atomic E-state index is -0.403. The molecule has 1 fully saturated rings. The van der Waals surface area contributed by atoms with Crippen LogP contribution in [0, 0.1) is 5.82 Å². The first kappa shape index (κ1) is 19.2. The van der Waals surface area contributed by atoms with Crippen molar-refractivity contribution in [2.75, 3.05) is 13.1 Å². The molecule has 0 radical (unpaired) electrons. The largest absolute Gasteiger partial charge is 0.356 e. The van der Waals surface area contributed by atoms with E-state index in [0.717, 1.165) is 17.5 Å². The SMILES string of the molecule is O=C(CCN1C(=O)C(=Cc2ccccc2F)SC1=S)NCCc1cnc[nH]1. The molecule has 0 spiro atoms.